The molecule has 1 aromatic rings. The van der Waals surface area contributed by atoms with Gasteiger partial charge in [0.1, 0.15) is 5.75 Å². The number of benzene rings is 1. The Labute approximate surface area is 132 Å². The van der Waals surface area contributed by atoms with Crippen molar-refractivity contribution in [1.29, 1.82) is 0 Å². The minimum absolute atomic E-state index is 0.160. The van der Waals surface area contributed by atoms with Gasteiger partial charge in [-0.05, 0) is 57.1 Å². The second kappa shape index (κ2) is 8.63. The van der Waals surface area contributed by atoms with Gasteiger partial charge in [-0.3, -0.25) is 4.79 Å². The van der Waals surface area contributed by atoms with Crippen molar-refractivity contribution in [2.45, 2.75) is 26.2 Å². The highest BCUT2D eigenvalue weighted by Crippen LogP contribution is 2.20. The summed E-state index contributed by atoms with van der Waals surface area (Å²) in [7, 11) is 0. The lowest BCUT2D eigenvalue weighted by Crippen LogP contribution is -2.35. The Morgan fingerprint density at radius 1 is 1.23 bits per heavy atom. The second-order valence-corrected chi connectivity index (χ2v) is 5.61. The standard InChI is InChI=1S/C17H26N2O3/c1-2-22-16-7-5-15(6-8-16)19(12-9-17(20)21)14-13-18-10-3-4-11-18/h5-8H,2-4,9-14H2,1H3,(H,20,21). The van der Waals surface area contributed by atoms with Gasteiger partial charge >= 0.3 is 5.97 Å². The molecular formula is C17H26N2O3. The zero-order valence-corrected chi connectivity index (χ0v) is 13.3. The average Bonchev–Trinajstić information content (AvgIpc) is 3.02. The number of ether oxygens (including phenoxy) is 1. The molecule has 0 radical (unpaired) electrons. The average molecular weight is 306 g/mol. The van der Waals surface area contributed by atoms with Crippen LogP contribution in [-0.2, 0) is 4.79 Å². The Kier molecular flexibility index (Phi) is 6.52. The van der Waals surface area contributed by atoms with Crippen molar-refractivity contribution >= 4 is 11.7 Å². The monoisotopic (exact) mass is 306 g/mol. The highest BCUT2D eigenvalue weighted by atomic mass is 16.5. The third kappa shape index (κ3) is 5.22. The van der Waals surface area contributed by atoms with E-state index in [0.717, 1.165) is 37.6 Å². The van der Waals surface area contributed by atoms with E-state index < -0.39 is 5.97 Å². The third-order valence-electron chi connectivity index (χ3n) is 3.99. The van der Waals surface area contributed by atoms with Gasteiger partial charge in [0, 0.05) is 25.3 Å². The maximum Gasteiger partial charge on any atom is 0.305 e. The van der Waals surface area contributed by atoms with Gasteiger partial charge < -0.3 is 19.6 Å². The van der Waals surface area contributed by atoms with Gasteiger partial charge in [-0.25, -0.2) is 0 Å². The van der Waals surface area contributed by atoms with Crippen molar-refractivity contribution in [2.24, 2.45) is 0 Å². The van der Waals surface area contributed by atoms with E-state index in [9.17, 15) is 4.79 Å². The van der Waals surface area contributed by atoms with Crippen LogP contribution in [-0.4, -0.2) is 55.3 Å². The van der Waals surface area contributed by atoms with Crippen molar-refractivity contribution < 1.29 is 14.6 Å². The van der Waals surface area contributed by atoms with Gasteiger partial charge in [0.05, 0.1) is 13.0 Å². The van der Waals surface area contributed by atoms with Crippen LogP contribution in [0.1, 0.15) is 26.2 Å². The van der Waals surface area contributed by atoms with Crippen LogP contribution in [0.2, 0.25) is 0 Å². The Morgan fingerprint density at radius 3 is 2.50 bits per heavy atom. The van der Waals surface area contributed by atoms with Gasteiger partial charge in [-0.2, -0.15) is 0 Å². The lowest BCUT2D eigenvalue weighted by molar-refractivity contribution is -0.136. The van der Waals surface area contributed by atoms with Crippen molar-refractivity contribution in [3.63, 3.8) is 0 Å². The van der Waals surface area contributed by atoms with Crippen LogP contribution >= 0.6 is 0 Å². The fourth-order valence-electron chi connectivity index (χ4n) is 2.79. The van der Waals surface area contributed by atoms with Crippen LogP contribution in [0, 0.1) is 0 Å². The van der Waals surface area contributed by atoms with E-state index in [-0.39, 0.29) is 6.42 Å². The van der Waals surface area contributed by atoms with Crippen molar-refractivity contribution in [3.05, 3.63) is 24.3 Å². The molecule has 2 rings (SSSR count). The second-order valence-electron chi connectivity index (χ2n) is 5.61. The summed E-state index contributed by atoms with van der Waals surface area (Å²) in [6, 6.07) is 7.92. The molecule has 22 heavy (non-hydrogen) atoms. The molecular weight excluding hydrogens is 280 g/mol. The lowest BCUT2D eigenvalue weighted by Gasteiger charge is -2.27. The van der Waals surface area contributed by atoms with Crippen LogP contribution in [0.5, 0.6) is 5.75 Å². The van der Waals surface area contributed by atoms with Gasteiger partial charge in [-0.1, -0.05) is 0 Å². The summed E-state index contributed by atoms with van der Waals surface area (Å²) in [5, 5.41) is 8.95. The first-order valence-electron chi connectivity index (χ1n) is 8.11. The van der Waals surface area contributed by atoms with E-state index in [0.29, 0.717) is 13.2 Å². The maximum atomic E-state index is 10.9. The summed E-state index contributed by atoms with van der Waals surface area (Å²) in [6.07, 6.45) is 2.71. The summed E-state index contributed by atoms with van der Waals surface area (Å²) in [6.45, 7) is 7.33. The molecule has 5 heteroatoms. The Hall–Kier alpha value is -1.75. The van der Waals surface area contributed by atoms with Gasteiger partial charge in [0.15, 0.2) is 0 Å². The number of carbonyl (C=O) groups is 1. The minimum Gasteiger partial charge on any atom is -0.494 e. The molecule has 0 aromatic heterocycles. The number of carboxylic acid groups (broad SMARTS) is 1. The number of hydrogen-bond donors (Lipinski definition) is 1. The summed E-state index contributed by atoms with van der Waals surface area (Å²) in [4.78, 5) is 15.5. The first-order valence-corrected chi connectivity index (χ1v) is 8.11. The quantitative estimate of drug-likeness (QED) is 0.759. The van der Waals surface area contributed by atoms with E-state index in [4.69, 9.17) is 9.84 Å². The van der Waals surface area contributed by atoms with Crippen LogP contribution < -0.4 is 9.64 Å². The third-order valence-corrected chi connectivity index (χ3v) is 3.99. The maximum absolute atomic E-state index is 10.9. The van der Waals surface area contributed by atoms with E-state index >= 15 is 0 Å². The molecule has 1 N–H and O–H groups in total. The fraction of sp³-hybridized carbons (Fsp3) is 0.588. The molecule has 0 amide bonds. The zero-order valence-electron chi connectivity index (χ0n) is 13.3. The van der Waals surface area contributed by atoms with Crippen molar-refractivity contribution in [1.82, 2.24) is 4.90 Å². The largest absolute Gasteiger partial charge is 0.494 e. The first-order chi connectivity index (χ1) is 10.7. The Balaban J connectivity index is 1.96. The molecule has 0 unspecified atom stereocenters. The molecule has 0 bridgehead atoms. The van der Waals surface area contributed by atoms with E-state index in [1.807, 2.05) is 31.2 Å². The Morgan fingerprint density at radius 2 is 1.91 bits per heavy atom. The molecule has 1 aromatic carbocycles. The molecule has 1 heterocycles. The molecule has 0 spiro atoms. The predicted molar refractivity (Wildman–Crippen MR) is 87.8 cm³/mol. The van der Waals surface area contributed by atoms with Crippen molar-refractivity contribution in [2.75, 3.05) is 44.2 Å². The van der Waals surface area contributed by atoms with Gasteiger partial charge in [0.25, 0.3) is 0 Å². The molecule has 5 nitrogen and oxygen atoms in total. The highest BCUT2D eigenvalue weighted by Gasteiger charge is 2.14. The summed E-state index contributed by atoms with van der Waals surface area (Å²) < 4.78 is 5.46. The molecule has 1 fully saturated rings. The number of likely N-dealkylation sites (tertiary alicyclic amines) is 1. The fourth-order valence-corrected chi connectivity index (χ4v) is 2.79. The molecule has 122 valence electrons. The van der Waals surface area contributed by atoms with E-state index in [2.05, 4.69) is 9.80 Å². The first kappa shape index (κ1) is 16.6. The van der Waals surface area contributed by atoms with Crippen molar-refractivity contribution in [3.8, 4) is 5.75 Å². The number of rotatable bonds is 9. The smallest absolute Gasteiger partial charge is 0.305 e. The number of anilines is 1. The Bertz CT molecular complexity index is 455. The topological polar surface area (TPSA) is 53.0 Å². The molecule has 0 aliphatic carbocycles. The van der Waals surface area contributed by atoms with E-state index in [1.165, 1.54) is 12.8 Å². The molecule has 1 saturated heterocycles. The number of nitrogens with zero attached hydrogens (tertiary/aromatic N) is 2. The molecule has 1 aliphatic rings. The van der Waals surface area contributed by atoms with E-state index in [1.54, 1.807) is 0 Å². The molecule has 0 atom stereocenters. The van der Waals surface area contributed by atoms with Gasteiger partial charge in [0.2, 0.25) is 0 Å². The van der Waals surface area contributed by atoms with Crippen LogP contribution in [0.15, 0.2) is 24.3 Å². The molecule has 0 saturated carbocycles. The number of aliphatic carboxylic acids is 1. The normalized spacial score (nSPS) is 15.0. The van der Waals surface area contributed by atoms with Crippen LogP contribution in [0.3, 0.4) is 0 Å². The zero-order chi connectivity index (χ0) is 15.8. The SMILES string of the molecule is CCOc1ccc(N(CCC(=O)O)CCN2CCCC2)cc1. The molecule has 1 aliphatic heterocycles. The predicted octanol–water partition coefficient (Wildman–Crippen LogP) is 2.46. The lowest BCUT2D eigenvalue weighted by atomic mass is 10.2. The van der Waals surface area contributed by atoms with Crippen LogP contribution in [0.25, 0.3) is 0 Å². The highest BCUT2D eigenvalue weighted by molar-refractivity contribution is 5.67. The summed E-state index contributed by atoms with van der Waals surface area (Å²) in [5.41, 5.74) is 1.06. The van der Waals surface area contributed by atoms with Gasteiger partial charge in [-0.15, -0.1) is 0 Å². The number of hydrogen-bond acceptors (Lipinski definition) is 4. The van der Waals surface area contributed by atoms with Crippen LogP contribution in [0.4, 0.5) is 5.69 Å². The minimum atomic E-state index is -0.753. The summed E-state index contributed by atoms with van der Waals surface area (Å²) >= 11 is 0. The number of carboxylic acids is 1. The summed E-state index contributed by atoms with van der Waals surface area (Å²) in [5.74, 6) is 0.0982.